The van der Waals surface area contributed by atoms with E-state index in [1.807, 2.05) is 6.07 Å². The van der Waals surface area contributed by atoms with Crippen LogP contribution in [-0.2, 0) is 15.9 Å². The van der Waals surface area contributed by atoms with Gasteiger partial charge in [0.25, 0.3) is 0 Å². The van der Waals surface area contributed by atoms with Gasteiger partial charge >= 0.3 is 0 Å². The minimum absolute atomic E-state index is 0.0935. The van der Waals surface area contributed by atoms with Crippen molar-refractivity contribution in [2.75, 3.05) is 34.5 Å². The van der Waals surface area contributed by atoms with Gasteiger partial charge in [0.05, 0.1) is 19.8 Å². The summed E-state index contributed by atoms with van der Waals surface area (Å²) in [6.07, 6.45) is 3.63. The highest BCUT2D eigenvalue weighted by Crippen LogP contribution is 2.32. The second-order valence-electron chi connectivity index (χ2n) is 5.23. The van der Waals surface area contributed by atoms with Crippen LogP contribution >= 0.6 is 0 Å². The van der Waals surface area contributed by atoms with Gasteiger partial charge in [0, 0.05) is 26.8 Å². The molecule has 1 aromatic carbocycles. The van der Waals surface area contributed by atoms with Crippen LogP contribution in [0.2, 0.25) is 0 Å². The van der Waals surface area contributed by atoms with E-state index in [-0.39, 0.29) is 6.10 Å². The van der Waals surface area contributed by atoms with Crippen molar-refractivity contribution in [1.82, 2.24) is 5.32 Å². The van der Waals surface area contributed by atoms with Crippen molar-refractivity contribution in [3.05, 3.63) is 29.3 Å². The fourth-order valence-corrected chi connectivity index (χ4v) is 2.79. The summed E-state index contributed by atoms with van der Waals surface area (Å²) in [5.74, 6) is 0.928. The van der Waals surface area contributed by atoms with Gasteiger partial charge in [0.1, 0.15) is 5.75 Å². The number of nitrogens with one attached hydrogen (secondary N) is 1. The maximum Gasteiger partial charge on any atom is 0.119 e. The highest BCUT2D eigenvalue weighted by molar-refractivity contribution is 5.39. The van der Waals surface area contributed by atoms with Crippen LogP contribution in [0.1, 0.15) is 30.0 Å². The van der Waals surface area contributed by atoms with E-state index in [4.69, 9.17) is 14.2 Å². The standard InChI is InChI=1S/C16H25NO3/c1-18-11-14(20-3)10-17-16-6-4-5-12-7-8-13(19-2)9-15(12)16/h7-9,14,16-17H,4-6,10-11H2,1-3H3. The Morgan fingerprint density at radius 1 is 1.30 bits per heavy atom. The van der Waals surface area contributed by atoms with Gasteiger partial charge in [-0.1, -0.05) is 6.07 Å². The minimum Gasteiger partial charge on any atom is -0.497 e. The molecule has 0 fully saturated rings. The highest BCUT2D eigenvalue weighted by atomic mass is 16.5. The van der Waals surface area contributed by atoms with E-state index in [9.17, 15) is 0 Å². The number of hydrogen-bond acceptors (Lipinski definition) is 4. The average Bonchev–Trinajstić information content (AvgIpc) is 2.50. The fourth-order valence-electron chi connectivity index (χ4n) is 2.79. The number of hydrogen-bond donors (Lipinski definition) is 1. The number of benzene rings is 1. The van der Waals surface area contributed by atoms with Gasteiger partial charge in [-0.05, 0) is 42.5 Å². The molecule has 4 heteroatoms. The molecule has 20 heavy (non-hydrogen) atoms. The first-order valence-electron chi connectivity index (χ1n) is 7.20. The summed E-state index contributed by atoms with van der Waals surface area (Å²) in [6.45, 7) is 1.41. The van der Waals surface area contributed by atoms with Crippen molar-refractivity contribution >= 4 is 0 Å². The molecule has 0 heterocycles. The van der Waals surface area contributed by atoms with Gasteiger partial charge in [0.2, 0.25) is 0 Å². The molecule has 0 aromatic heterocycles. The molecule has 4 nitrogen and oxygen atoms in total. The molecule has 0 saturated heterocycles. The summed E-state index contributed by atoms with van der Waals surface area (Å²) >= 11 is 0. The molecule has 0 bridgehead atoms. The quantitative estimate of drug-likeness (QED) is 0.831. The fraction of sp³-hybridized carbons (Fsp3) is 0.625. The lowest BCUT2D eigenvalue weighted by Gasteiger charge is -2.28. The van der Waals surface area contributed by atoms with Crippen molar-refractivity contribution in [3.63, 3.8) is 0 Å². The number of aryl methyl sites for hydroxylation is 1. The van der Waals surface area contributed by atoms with Crippen molar-refractivity contribution in [2.45, 2.75) is 31.4 Å². The predicted octanol–water partition coefficient (Wildman–Crippen LogP) is 2.32. The molecule has 0 spiro atoms. The van der Waals surface area contributed by atoms with E-state index in [2.05, 4.69) is 17.4 Å². The molecular weight excluding hydrogens is 254 g/mol. The third-order valence-corrected chi connectivity index (χ3v) is 3.95. The molecule has 0 saturated carbocycles. The molecule has 1 aliphatic rings. The summed E-state index contributed by atoms with van der Waals surface area (Å²) in [5, 5.41) is 3.60. The number of methoxy groups -OCH3 is 3. The minimum atomic E-state index is 0.0935. The van der Waals surface area contributed by atoms with Gasteiger partial charge in [-0.15, -0.1) is 0 Å². The lowest BCUT2D eigenvalue weighted by Crippen LogP contribution is -2.35. The van der Waals surface area contributed by atoms with E-state index in [0.29, 0.717) is 12.6 Å². The monoisotopic (exact) mass is 279 g/mol. The zero-order valence-corrected chi connectivity index (χ0v) is 12.6. The molecule has 0 radical (unpaired) electrons. The van der Waals surface area contributed by atoms with Crippen molar-refractivity contribution in [1.29, 1.82) is 0 Å². The van der Waals surface area contributed by atoms with Gasteiger partial charge in [-0.2, -0.15) is 0 Å². The Bertz CT molecular complexity index is 422. The molecular formula is C16H25NO3. The zero-order valence-electron chi connectivity index (χ0n) is 12.6. The normalized spacial score (nSPS) is 19.4. The van der Waals surface area contributed by atoms with Crippen molar-refractivity contribution in [2.24, 2.45) is 0 Å². The molecule has 1 aromatic rings. The topological polar surface area (TPSA) is 39.7 Å². The summed E-state index contributed by atoms with van der Waals surface area (Å²) in [5.41, 5.74) is 2.79. The zero-order chi connectivity index (χ0) is 14.4. The Hall–Kier alpha value is -1.10. The number of rotatable bonds is 7. The first kappa shape index (κ1) is 15.3. The first-order chi connectivity index (χ1) is 9.78. The van der Waals surface area contributed by atoms with Crippen LogP contribution in [-0.4, -0.2) is 40.6 Å². The van der Waals surface area contributed by atoms with Crippen molar-refractivity contribution in [3.8, 4) is 5.75 Å². The van der Waals surface area contributed by atoms with Gasteiger partial charge in [-0.25, -0.2) is 0 Å². The Kier molecular flexibility index (Phi) is 5.83. The molecule has 2 rings (SSSR count). The second-order valence-corrected chi connectivity index (χ2v) is 5.23. The first-order valence-corrected chi connectivity index (χ1v) is 7.20. The molecule has 1 N–H and O–H groups in total. The summed E-state index contributed by atoms with van der Waals surface area (Å²) in [7, 11) is 5.14. The van der Waals surface area contributed by atoms with E-state index < -0.39 is 0 Å². The van der Waals surface area contributed by atoms with E-state index >= 15 is 0 Å². The SMILES string of the molecule is COCC(CNC1CCCc2ccc(OC)cc21)OC. The van der Waals surface area contributed by atoms with Crippen LogP contribution in [0.25, 0.3) is 0 Å². The molecule has 0 aliphatic heterocycles. The number of fused-ring (bicyclic) bond motifs is 1. The lowest BCUT2D eigenvalue weighted by molar-refractivity contribution is 0.0270. The molecule has 1 aliphatic carbocycles. The Morgan fingerprint density at radius 2 is 2.15 bits per heavy atom. The van der Waals surface area contributed by atoms with E-state index in [1.54, 1.807) is 21.3 Å². The number of ether oxygens (including phenoxy) is 3. The highest BCUT2D eigenvalue weighted by Gasteiger charge is 2.21. The smallest absolute Gasteiger partial charge is 0.119 e. The summed E-state index contributed by atoms with van der Waals surface area (Å²) in [6, 6.07) is 6.77. The third-order valence-electron chi connectivity index (χ3n) is 3.95. The maximum absolute atomic E-state index is 5.40. The molecule has 2 atom stereocenters. The van der Waals surface area contributed by atoms with Crippen molar-refractivity contribution < 1.29 is 14.2 Å². The predicted molar refractivity (Wildman–Crippen MR) is 79.3 cm³/mol. The van der Waals surface area contributed by atoms with E-state index in [0.717, 1.165) is 25.1 Å². The second kappa shape index (κ2) is 7.62. The van der Waals surface area contributed by atoms with Crippen LogP contribution in [0, 0.1) is 0 Å². The van der Waals surface area contributed by atoms with Crippen LogP contribution in [0.15, 0.2) is 18.2 Å². The van der Waals surface area contributed by atoms with Crippen LogP contribution in [0.3, 0.4) is 0 Å². The maximum atomic E-state index is 5.40. The van der Waals surface area contributed by atoms with Crippen LogP contribution in [0.4, 0.5) is 0 Å². The van der Waals surface area contributed by atoms with E-state index in [1.165, 1.54) is 17.5 Å². The summed E-state index contributed by atoms with van der Waals surface area (Å²) < 4.78 is 15.9. The van der Waals surface area contributed by atoms with Crippen LogP contribution < -0.4 is 10.1 Å². The Balaban J connectivity index is 2.03. The Morgan fingerprint density at radius 3 is 2.85 bits per heavy atom. The molecule has 2 unspecified atom stereocenters. The van der Waals surface area contributed by atoms with Gasteiger partial charge < -0.3 is 19.5 Å². The molecule has 112 valence electrons. The summed E-state index contributed by atoms with van der Waals surface area (Å²) in [4.78, 5) is 0. The third kappa shape index (κ3) is 3.72. The largest absolute Gasteiger partial charge is 0.497 e. The molecule has 0 amide bonds. The average molecular weight is 279 g/mol. The van der Waals surface area contributed by atoms with Crippen LogP contribution in [0.5, 0.6) is 5.75 Å². The Labute approximate surface area is 121 Å². The lowest BCUT2D eigenvalue weighted by atomic mass is 9.87. The van der Waals surface area contributed by atoms with Gasteiger partial charge in [0.15, 0.2) is 0 Å². The van der Waals surface area contributed by atoms with Gasteiger partial charge in [-0.3, -0.25) is 0 Å².